The fourth-order valence-electron chi connectivity index (χ4n) is 1.49. The van der Waals surface area contributed by atoms with Crippen molar-refractivity contribution < 1.29 is 26.3 Å². The van der Waals surface area contributed by atoms with E-state index in [-0.39, 0.29) is 26.5 Å². The number of amidine groups is 1. The van der Waals surface area contributed by atoms with E-state index in [4.69, 9.17) is 23.2 Å². The van der Waals surface area contributed by atoms with Crippen LogP contribution in [0.3, 0.4) is 0 Å². The van der Waals surface area contributed by atoms with E-state index in [1.54, 1.807) is 0 Å². The van der Waals surface area contributed by atoms with E-state index in [9.17, 15) is 26.3 Å². The summed E-state index contributed by atoms with van der Waals surface area (Å²) in [5, 5.41) is -0.0895. The van der Waals surface area contributed by atoms with E-state index in [2.05, 4.69) is 4.99 Å². The molecule has 136 valence electrons. The van der Waals surface area contributed by atoms with E-state index in [1.165, 1.54) is 14.1 Å². The van der Waals surface area contributed by atoms with Crippen molar-refractivity contribution in [2.24, 2.45) is 4.99 Å². The highest BCUT2D eigenvalue weighted by molar-refractivity contribution is 7.99. The molecule has 0 N–H and O–H groups in total. The van der Waals surface area contributed by atoms with Gasteiger partial charge in [0.25, 0.3) is 0 Å². The van der Waals surface area contributed by atoms with Crippen molar-refractivity contribution >= 4 is 46.5 Å². The van der Waals surface area contributed by atoms with Crippen molar-refractivity contribution in [2.75, 3.05) is 19.8 Å². The first-order valence-electron chi connectivity index (χ1n) is 6.29. The predicted molar refractivity (Wildman–Crippen MR) is 84.7 cm³/mol. The summed E-state index contributed by atoms with van der Waals surface area (Å²) >= 11 is 12.1. The molecule has 0 aliphatic rings. The lowest BCUT2D eigenvalue weighted by Crippen LogP contribution is -2.27. The molecule has 0 aliphatic heterocycles. The Balaban J connectivity index is 3.19. The van der Waals surface area contributed by atoms with Gasteiger partial charge in [0.05, 0.1) is 21.5 Å². The number of hydrogen-bond donors (Lipinski definition) is 0. The zero-order valence-corrected chi connectivity index (χ0v) is 14.7. The average Bonchev–Trinajstić information content (AvgIpc) is 2.36. The Hall–Kier alpha value is -0.800. The zero-order chi connectivity index (χ0) is 18.7. The molecule has 0 amide bonds. The molecule has 1 aromatic carbocycles. The van der Waals surface area contributed by atoms with Gasteiger partial charge in [0.1, 0.15) is 12.3 Å². The predicted octanol–water partition coefficient (Wildman–Crippen LogP) is 6.19. The summed E-state index contributed by atoms with van der Waals surface area (Å²) in [6.45, 7) is 0. The lowest BCUT2D eigenvalue weighted by molar-refractivity contribution is -0.122. The van der Waals surface area contributed by atoms with Gasteiger partial charge in [0.15, 0.2) is 0 Å². The molecule has 0 aromatic heterocycles. The minimum atomic E-state index is -4.49. The molecular weight excluding hydrogens is 401 g/mol. The second-order valence-corrected chi connectivity index (χ2v) is 6.68. The number of rotatable bonds is 4. The molecule has 11 heteroatoms. The van der Waals surface area contributed by atoms with Gasteiger partial charge in [-0.1, -0.05) is 23.2 Å². The van der Waals surface area contributed by atoms with Crippen LogP contribution in [0.15, 0.2) is 22.0 Å². The molecule has 0 aliphatic carbocycles. The van der Waals surface area contributed by atoms with E-state index in [0.717, 1.165) is 17.0 Å². The molecule has 0 atom stereocenters. The van der Waals surface area contributed by atoms with Gasteiger partial charge < -0.3 is 4.90 Å². The molecule has 2 nitrogen and oxygen atoms in total. The first-order valence-corrected chi connectivity index (χ1v) is 8.03. The van der Waals surface area contributed by atoms with E-state index < -0.39 is 24.5 Å². The summed E-state index contributed by atoms with van der Waals surface area (Å²) in [6, 6.07) is 2.29. The summed E-state index contributed by atoms with van der Waals surface area (Å²) in [5.41, 5.74) is -0.0845. The van der Waals surface area contributed by atoms with Crippen LogP contribution >= 0.6 is 35.0 Å². The molecule has 24 heavy (non-hydrogen) atoms. The van der Waals surface area contributed by atoms with Crippen LogP contribution < -0.4 is 0 Å². The number of benzene rings is 1. The van der Waals surface area contributed by atoms with Crippen LogP contribution in [0.4, 0.5) is 32.0 Å². The van der Waals surface area contributed by atoms with Gasteiger partial charge in [-0.3, -0.25) is 0 Å². The number of halogens is 8. The number of thioether (sulfide) groups is 1. The quantitative estimate of drug-likeness (QED) is 0.253. The minimum absolute atomic E-state index is 0.0299. The van der Waals surface area contributed by atoms with Crippen molar-refractivity contribution in [3.63, 3.8) is 0 Å². The van der Waals surface area contributed by atoms with Crippen molar-refractivity contribution in [2.45, 2.75) is 23.7 Å². The highest BCUT2D eigenvalue weighted by Crippen LogP contribution is 2.39. The first-order chi connectivity index (χ1) is 10.8. The molecule has 0 fully saturated rings. The molecule has 1 aromatic rings. The third-order valence-corrected chi connectivity index (χ3v) is 4.36. The minimum Gasteiger partial charge on any atom is -0.366 e. The third kappa shape index (κ3) is 7.40. The Morgan fingerprint density at radius 2 is 1.62 bits per heavy atom. The molecule has 0 saturated heterocycles. The van der Waals surface area contributed by atoms with Gasteiger partial charge in [-0.25, -0.2) is 4.99 Å². The topological polar surface area (TPSA) is 15.6 Å². The van der Waals surface area contributed by atoms with Crippen molar-refractivity contribution in [1.29, 1.82) is 0 Å². The third-order valence-electron chi connectivity index (χ3n) is 2.52. The number of hydrogen-bond acceptors (Lipinski definition) is 2. The summed E-state index contributed by atoms with van der Waals surface area (Å²) in [6.07, 6.45) is -10.2. The van der Waals surface area contributed by atoms with Crippen LogP contribution in [0.25, 0.3) is 0 Å². The van der Waals surface area contributed by atoms with E-state index >= 15 is 0 Å². The van der Waals surface area contributed by atoms with Crippen LogP contribution in [0.2, 0.25) is 10.0 Å². The maximum absolute atomic E-state index is 12.6. The molecular formula is C13H12Cl2F6N2S. The Labute approximate surface area is 148 Å². The highest BCUT2D eigenvalue weighted by atomic mass is 35.5. The highest BCUT2D eigenvalue weighted by Gasteiger charge is 2.31. The van der Waals surface area contributed by atoms with Gasteiger partial charge in [-0.15, -0.1) is 11.8 Å². The maximum atomic E-state index is 12.6. The molecule has 0 bridgehead atoms. The van der Waals surface area contributed by atoms with Crippen LogP contribution in [-0.4, -0.2) is 42.9 Å². The lowest BCUT2D eigenvalue weighted by atomic mass is 10.3. The fourth-order valence-corrected chi connectivity index (χ4v) is 2.79. The van der Waals surface area contributed by atoms with Crippen molar-refractivity contribution in [3.8, 4) is 0 Å². The number of aliphatic imine (C=N–C) groups is 1. The largest absolute Gasteiger partial charge is 0.398 e. The van der Waals surface area contributed by atoms with Crippen LogP contribution in [0.5, 0.6) is 0 Å². The normalized spacial score (nSPS) is 13.3. The molecule has 1 rings (SSSR count). The summed E-state index contributed by atoms with van der Waals surface area (Å²) in [7, 11) is 2.74. The average molecular weight is 413 g/mol. The second-order valence-electron chi connectivity index (χ2n) is 4.85. The standard InChI is InChI=1S/C13H12Cl2F6N2S/c1-23(2)11(5-12(16,17)18)22-9-4-10(8(15)3-7(9)14)24-6-13(19,20)21/h3-4H,5-6H2,1-2H3/b22-11-. The monoisotopic (exact) mass is 412 g/mol. The summed E-state index contributed by atoms with van der Waals surface area (Å²) in [4.78, 5) is 5.01. The van der Waals surface area contributed by atoms with E-state index in [0.29, 0.717) is 11.8 Å². The van der Waals surface area contributed by atoms with Gasteiger partial charge in [-0.2, -0.15) is 26.3 Å². The summed E-state index contributed by atoms with van der Waals surface area (Å²) < 4.78 is 74.6. The van der Waals surface area contributed by atoms with E-state index in [1.807, 2.05) is 0 Å². The van der Waals surface area contributed by atoms with Gasteiger partial charge in [-0.05, 0) is 12.1 Å². The fraction of sp³-hybridized carbons (Fsp3) is 0.462. The van der Waals surface area contributed by atoms with Crippen molar-refractivity contribution in [1.82, 2.24) is 4.90 Å². The Bertz CT molecular complexity index is 614. The maximum Gasteiger partial charge on any atom is 0.398 e. The molecule has 0 unspecified atom stereocenters. The number of nitrogens with zero attached hydrogens (tertiary/aromatic N) is 2. The van der Waals surface area contributed by atoms with Crippen LogP contribution in [-0.2, 0) is 0 Å². The summed E-state index contributed by atoms with van der Waals surface area (Å²) in [5.74, 6) is -1.53. The van der Waals surface area contributed by atoms with Gasteiger partial charge in [0.2, 0.25) is 0 Å². The second kappa shape index (κ2) is 8.05. The Morgan fingerprint density at radius 3 is 2.08 bits per heavy atom. The van der Waals surface area contributed by atoms with Crippen LogP contribution in [0.1, 0.15) is 6.42 Å². The SMILES string of the molecule is CN(C)/C(CC(F)(F)F)=N\c1cc(SCC(F)(F)F)c(Cl)cc1Cl. The molecule has 0 saturated carbocycles. The van der Waals surface area contributed by atoms with Crippen molar-refractivity contribution in [3.05, 3.63) is 22.2 Å². The number of alkyl halides is 6. The smallest absolute Gasteiger partial charge is 0.366 e. The molecule has 0 spiro atoms. The molecule has 0 radical (unpaired) electrons. The lowest BCUT2D eigenvalue weighted by Gasteiger charge is -2.18. The Kier molecular flexibility index (Phi) is 7.13. The zero-order valence-electron chi connectivity index (χ0n) is 12.4. The van der Waals surface area contributed by atoms with Gasteiger partial charge in [0, 0.05) is 19.0 Å². The van der Waals surface area contributed by atoms with Gasteiger partial charge >= 0.3 is 12.4 Å². The first kappa shape index (κ1) is 21.2. The molecule has 0 heterocycles. The Morgan fingerprint density at radius 1 is 1.04 bits per heavy atom. The van der Waals surface area contributed by atoms with Crippen LogP contribution in [0, 0.1) is 0 Å².